The molecule has 6 nitrogen and oxygen atoms in total. The molecule has 0 unspecified atom stereocenters. The molecule has 0 atom stereocenters. The smallest absolute Gasteiger partial charge is 0.274 e. The van der Waals surface area contributed by atoms with Gasteiger partial charge in [0.1, 0.15) is 5.82 Å². The quantitative estimate of drug-likeness (QED) is 0.727. The lowest BCUT2D eigenvalue weighted by Gasteiger charge is -2.35. The molecule has 1 fully saturated rings. The zero-order valence-corrected chi connectivity index (χ0v) is 16.6. The lowest BCUT2D eigenvalue weighted by atomic mass is 10.1. The number of carbonyl (C=O) groups excluding carboxylic acids is 1. The molecule has 29 heavy (non-hydrogen) atoms. The van der Waals surface area contributed by atoms with Gasteiger partial charge in [-0.3, -0.25) is 4.79 Å². The third-order valence-corrected chi connectivity index (χ3v) is 5.13. The zero-order valence-electron chi connectivity index (χ0n) is 16.6. The van der Waals surface area contributed by atoms with Crippen LogP contribution < -0.4 is 10.2 Å². The highest BCUT2D eigenvalue weighted by Gasteiger charge is 2.23. The van der Waals surface area contributed by atoms with Gasteiger partial charge in [-0.2, -0.15) is 0 Å². The lowest BCUT2D eigenvalue weighted by molar-refractivity contribution is 0.0739. The van der Waals surface area contributed by atoms with Gasteiger partial charge >= 0.3 is 0 Å². The van der Waals surface area contributed by atoms with Gasteiger partial charge in [0, 0.05) is 38.4 Å². The van der Waals surface area contributed by atoms with Crippen LogP contribution in [0.2, 0.25) is 0 Å². The average molecular weight is 387 g/mol. The summed E-state index contributed by atoms with van der Waals surface area (Å²) in [7, 11) is 0. The predicted molar refractivity (Wildman–Crippen MR) is 115 cm³/mol. The molecule has 6 heteroatoms. The minimum absolute atomic E-state index is 0.0598. The van der Waals surface area contributed by atoms with E-state index in [9.17, 15) is 4.79 Å². The third kappa shape index (κ3) is 4.71. The van der Waals surface area contributed by atoms with Gasteiger partial charge < -0.3 is 15.1 Å². The Hall–Kier alpha value is -3.41. The van der Waals surface area contributed by atoms with Crippen molar-refractivity contribution in [3.8, 4) is 0 Å². The molecule has 0 aliphatic carbocycles. The number of anilines is 2. The Kier molecular flexibility index (Phi) is 5.70. The average Bonchev–Trinajstić information content (AvgIpc) is 2.78. The first-order chi connectivity index (χ1) is 14.2. The lowest BCUT2D eigenvalue weighted by Crippen LogP contribution is -2.49. The van der Waals surface area contributed by atoms with Crippen LogP contribution in [-0.2, 0) is 6.54 Å². The van der Waals surface area contributed by atoms with Crippen LogP contribution in [0.15, 0.2) is 66.7 Å². The van der Waals surface area contributed by atoms with Crippen molar-refractivity contribution < 1.29 is 4.79 Å². The number of hydrogen-bond acceptors (Lipinski definition) is 5. The van der Waals surface area contributed by atoms with Crippen LogP contribution >= 0.6 is 0 Å². The molecule has 1 aliphatic heterocycles. The van der Waals surface area contributed by atoms with E-state index in [1.165, 1.54) is 16.8 Å². The van der Waals surface area contributed by atoms with Crippen LogP contribution in [0, 0.1) is 6.92 Å². The van der Waals surface area contributed by atoms with E-state index in [4.69, 9.17) is 0 Å². The number of aromatic nitrogens is 2. The molecule has 148 valence electrons. The van der Waals surface area contributed by atoms with E-state index >= 15 is 0 Å². The largest absolute Gasteiger partial charge is 0.368 e. The highest BCUT2D eigenvalue weighted by molar-refractivity contribution is 5.92. The van der Waals surface area contributed by atoms with Crippen LogP contribution in [-0.4, -0.2) is 47.2 Å². The van der Waals surface area contributed by atoms with Gasteiger partial charge in [-0.15, -0.1) is 10.2 Å². The number of aryl methyl sites for hydroxylation is 1. The van der Waals surface area contributed by atoms with Gasteiger partial charge in [-0.25, -0.2) is 0 Å². The Morgan fingerprint density at radius 2 is 1.72 bits per heavy atom. The molecule has 0 spiro atoms. The number of hydrogen-bond donors (Lipinski definition) is 1. The summed E-state index contributed by atoms with van der Waals surface area (Å²) in [5.74, 6) is 0.604. The molecule has 2 aromatic carbocycles. The van der Waals surface area contributed by atoms with Gasteiger partial charge in [0.2, 0.25) is 0 Å². The molecule has 3 aromatic rings. The summed E-state index contributed by atoms with van der Waals surface area (Å²) in [6.45, 7) is 5.75. The van der Waals surface area contributed by atoms with Crippen molar-refractivity contribution in [3.05, 3.63) is 83.6 Å². The van der Waals surface area contributed by atoms with E-state index in [-0.39, 0.29) is 5.91 Å². The molecule has 0 radical (unpaired) electrons. The third-order valence-electron chi connectivity index (χ3n) is 5.13. The van der Waals surface area contributed by atoms with Gasteiger partial charge in [0.25, 0.3) is 5.91 Å². The van der Waals surface area contributed by atoms with E-state index in [2.05, 4.69) is 57.7 Å². The Labute approximate surface area is 171 Å². The van der Waals surface area contributed by atoms with Gasteiger partial charge in [0.15, 0.2) is 5.69 Å². The van der Waals surface area contributed by atoms with E-state index in [1.54, 1.807) is 6.07 Å². The first kappa shape index (κ1) is 18.9. The van der Waals surface area contributed by atoms with Crippen LogP contribution in [0.4, 0.5) is 11.5 Å². The fourth-order valence-electron chi connectivity index (χ4n) is 3.52. The first-order valence-electron chi connectivity index (χ1n) is 9.91. The van der Waals surface area contributed by atoms with Gasteiger partial charge in [-0.05, 0) is 36.8 Å². The van der Waals surface area contributed by atoms with E-state index in [0.717, 1.165) is 13.1 Å². The van der Waals surface area contributed by atoms with Crippen LogP contribution in [0.5, 0.6) is 0 Å². The molecule has 2 heterocycles. The van der Waals surface area contributed by atoms with E-state index in [0.29, 0.717) is 31.1 Å². The Balaban J connectivity index is 1.31. The highest BCUT2D eigenvalue weighted by Crippen LogP contribution is 2.16. The fraction of sp³-hybridized carbons (Fsp3) is 0.261. The molecule has 1 aromatic heterocycles. The minimum atomic E-state index is -0.0598. The predicted octanol–water partition coefficient (Wildman–Crippen LogP) is 3.36. The van der Waals surface area contributed by atoms with Gasteiger partial charge in [-0.1, -0.05) is 48.0 Å². The number of para-hydroxylation sites is 1. The topological polar surface area (TPSA) is 61.4 Å². The van der Waals surface area contributed by atoms with Gasteiger partial charge in [0.05, 0.1) is 0 Å². The number of nitrogens with zero attached hydrogens (tertiary/aromatic N) is 4. The zero-order chi connectivity index (χ0) is 20.1. The fourth-order valence-corrected chi connectivity index (χ4v) is 3.52. The van der Waals surface area contributed by atoms with Crippen molar-refractivity contribution >= 4 is 17.4 Å². The number of rotatable bonds is 5. The molecule has 1 amide bonds. The molecule has 4 rings (SSSR count). The van der Waals surface area contributed by atoms with Crippen LogP contribution in [0.3, 0.4) is 0 Å². The summed E-state index contributed by atoms with van der Waals surface area (Å²) in [4.78, 5) is 16.9. The number of benzene rings is 2. The normalized spacial score (nSPS) is 14.0. The maximum absolute atomic E-state index is 12.8. The van der Waals surface area contributed by atoms with E-state index < -0.39 is 0 Å². The Bertz CT molecular complexity index is 951. The second-order valence-corrected chi connectivity index (χ2v) is 7.26. The maximum atomic E-state index is 12.8. The molecule has 1 saturated heterocycles. The number of nitrogens with one attached hydrogen (secondary N) is 1. The number of carbonyl (C=O) groups is 1. The Morgan fingerprint density at radius 3 is 2.41 bits per heavy atom. The molecule has 0 bridgehead atoms. The molecule has 1 N–H and O–H groups in total. The van der Waals surface area contributed by atoms with Crippen molar-refractivity contribution in [2.75, 3.05) is 36.4 Å². The Morgan fingerprint density at radius 1 is 0.931 bits per heavy atom. The van der Waals surface area contributed by atoms with Crippen LogP contribution in [0.25, 0.3) is 0 Å². The summed E-state index contributed by atoms with van der Waals surface area (Å²) >= 11 is 0. The van der Waals surface area contributed by atoms with E-state index in [1.807, 2.05) is 35.2 Å². The SMILES string of the molecule is Cc1cccc(CNc2ccc(C(=O)N3CCN(c4ccccc4)CC3)nn2)c1. The summed E-state index contributed by atoms with van der Waals surface area (Å²) in [5.41, 5.74) is 4.00. The monoisotopic (exact) mass is 387 g/mol. The van der Waals surface area contributed by atoms with Crippen molar-refractivity contribution in [2.24, 2.45) is 0 Å². The summed E-state index contributed by atoms with van der Waals surface area (Å²) in [5, 5.41) is 11.6. The van der Waals surface area contributed by atoms with Crippen molar-refractivity contribution in [3.63, 3.8) is 0 Å². The standard InChI is InChI=1S/C23H25N5O/c1-18-6-5-7-19(16-18)17-24-22-11-10-21(25-26-22)23(29)28-14-12-27(13-15-28)20-8-3-2-4-9-20/h2-11,16H,12-15,17H2,1H3,(H,24,26). The molecular weight excluding hydrogens is 362 g/mol. The summed E-state index contributed by atoms with van der Waals surface area (Å²) in [6.07, 6.45) is 0. The van der Waals surface area contributed by atoms with Crippen molar-refractivity contribution in [1.82, 2.24) is 15.1 Å². The molecule has 0 saturated carbocycles. The molecule has 1 aliphatic rings. The van der Waals surface area contributed by atoms with Crippen LogP contribution in [0.1, 0.15) is 21.6 Å². The number of piperazine rings is 1. The summed E-state index contributed by atoms with van der Waals surface area (Å²) in [6, 6.07) is 22.2. The van der Waals surface area contributed by atoms with Crippen molar-refractivity contribution in [1.29, 1.82) is 0 Å². The second-order valence-electron chi connectivity index (χ2n) is 7.26. The minimum Gasteiger partial charge on any atom is -0.368 e. The highest BCUT2D eigenvalue weighted by atomic mass is 16.2. The van der Waals surface area contributed by atoms with Crippen molar-refractivity contribution in [2.45, 2.75) is 13.5 Å². The second kappa shape index (κ2) is 8.73. The first-order valence-corrected chi connectivity index (χ1v) is 9.91. The molecular formula is C23H25N5O. The maximum Gasteiger partial charge on any atom is 0.274 e. The summed E-state index contributed by atoms with van der Waals surface area (Å²) < 4.78 is 0. The number of amides is 1.